The standard InChI is InChI=1S/C20H19ClN2O/c1-13-17(20(24)16-7-4-8-18(21)19(16)22-13)12-23-10-9-14-5-2-3-6-15(14)11-23/h2-8H,9-12H2,1H3,(H,22,24)/p+1. The molecule has 2 aromatic carbocycles. The first kappa shape index (κ1) is 15.4. The molecule has 0 saturated carbocycles. The zero-order valence-corrected chi connectivity index (χ0v) is 14.4. The smallest absolute Gasteiger partial charge is 0.198 e. The topological polar surface area (TPSA) is 37.3 Å². The van der Waals surface area contributed by atoms with Gasteiger partial charge in [0.25, 0.3) is 0 Å². The second-order valence-electron chi connectivity index (χ2n) is 6.59. The number of benzene rings is 2. The predicted octanol–water partition coefficient (Wildman–Crippen LogP) is 2.63. The normalized spacial score (nSPS) is 17.0. The molecular weight excluding hydrogens is 320 g/mol. The van der Waals surface area contributed by atoms with Crippen LogP contribution in [-0.4, -0.2) is 11.5 Å². The van der Waals surface area contributed by atoms with E-state index in [1.54, 1.807) is 0 Å². The summed E-state index contributed by atoms with van der Waals surface area (Å²) in [6, 6.07) is 14.1. The van der Waals surface area contributed by atoms with Crippen LogP contribution in [0.25, 0.3) is 10.9 Å². The first-order chi connectivity index (χ1) is 11.6. The first-order valence-corrected chi connectivity index (χ1v) is 8.71. The average Bonchev–Trinajstić information content (AvgIpc) is 2.59. The maximum Gasteiger partial charge on any atom is 0.198 e. The minimum absolute atomic E-state index is 0.107. The number of aryl methyl sites for hydroxylation is 1. The summed E-state index contributed by atoms with van der Waals surface area (Å²) in [5, 5.41) is 1.28. The Hall–Kier alpha value is -2.10. The Labute approximate surface area is 145 Å². The Morgan fingerprint density at radius 3 is 2.75 bits per heavy atom. The van der Waals surface area contributed by atoms with Gasteiger partial charge in [0.05, 0.1) is 22.6 Å². The second kappa shape index (κ2) is 6.08. The van der Waals surface area contributed by atoms with Gasteiger partial charge in [-0.2, -0.15) is 0 Å². The van der Waals surface area contributed by atoms with Crippen molar-refractivity contribution in [1.29, 1.82) is 0 Å². The third kappa shape index (κ3) is 2.64. The molecule has 0 radical (unpaired) electrons. The lowest BCUT2D eigenvalue weighted by atomic mass is 9.99. The summed E-state index contributed by atoms with van der Waals surface area (Å²) in [5.74, 6) is 0. The van der Waals surface area contributed by atoms with Crippen molar-refractivity contribution < 1.29 is 4.90 Å². The van der Waals surface area contributed by atoms with Crippen LogP contribution in [-0.2, 0) is 19.5 Å². The number of halogens is 1. The van der Waals surface area contributed by atoms with Gasteiger partial charge in [0.2, 0.25) is 0 Å². The van der Waals surface area contributed by atoms with E-state index >= 15 is 0 Å². The molecule has 0 amide bonds. The van der Waals surface area contributed by atoms with Crippen molar-refractivity contribution in [2.45, 2.75) is 26.4 Å². The van der Waals surface area contributed by atoms with Gasteiger partial charge >= 0.3 is 0 Å². The summed E-state index contributed by atoms with van der Waals surface area (Å²) in [4.78, 5) is 17.7. The number of hydrogen-bond donors (Lipinski definition) is 2. The number of aromatic nitrogens is 1. The number of H-pyrrole nitrogens is 1. The molecule has 1 aliphatic rings. The van der Waals surface area contributed by atoms with Gasteiger partial charge in [-0.3, -0.25) is 4.79 Å². The Morgan fingerprint density at radius 2 is 1.92 bits per heavy atom. The quantitative estimate of drug-likeness (QED) is 0.740. The lowest BCUT2D eigenvalue weighted by molar-refractivity contribution is -0.929. The van der Waals surface area contributed by atoms with Crippen LogP contribution in [0.4, 0.5) is 0 Å². The van der Waals surface area contributed by atoms with Crippen LogP contribution in [0.2, 0.25) is 5.02 Å². The van der Waals surface area contributed by atoms with Gasteiger partial charge in [0, 0.05) is 23.1 Å². The zero-order valence-electron chi connectivity index (χ0n) is 13.7. The fourth-order valence-corrected chi connectivity index (χ4v) is 3.91. The number of quaternary nitrogens is 1. The van der Waals surface area contributed by atoms with Crippen molar-refractivity contribution in [3.8, 4) is 0 Å². The molecule has 1 aromatic heterocycles. The summed E-state index contributed by atoms with van der Waals surface area (Å²) < 4.78 is 0. The van der Waals surface area contributed by atoms with Gasteiger partial charge in [-0.25, -0.2) is 0 Å². The molecule has 24 heavy (non-hydrogen) atoms. The number of para-hydroxylation sites is 1. The monoisotopic (exact) mass is 339 g/mol. The number of pyridine rings is 1. The zero-order chi connectivity index (χ0) is 16.7. The van der Waals surface area contributed by atoms with Crippen molar-refractivity contribution in [3.63, 3.8) is 0 Å². The largest absolute Gasteiger partial charge is 0.357 e. The molecule has 3 aromatic rings. The number of fused-ring (bicyclic) bond motifs is 2. The highest BCUT2D eigenvalue weighted by atomic mass is 35.5. The number of hydrogen-bond acceptors (Lipinski definition) is 1. The molecule has 122 valence electrons. The maximum absolute atomic E-state index is 12.9. The predicted molar refractivity (Wildman–Crippen MR) is 97.7 cm³/mol. The second-order valence-corrected chi connectivity index (χ2v) is 7.00. The SMILES string of the molecule is Cc1[nH]c2c(Cl)cccc2c(=O)c1C[NH+]1CCc2ccccc2C1. The van der Waals surface area contributed by atoms with Gasteiger partial charge in [0.15, 0.2) is 5.43 Å². The van der Waals surface area contributed by atoms with Crippen LogP contribution < -0.4 is 10.3 Å². The molecular formula is C20H20ClN2O+. The molecule has 0 spiro atoms. The lowest BCUT2D eigenvalue weighted by Gasteiger charge is -2.26. The number of nitrogens with one attached hydrogen (secondary N) is 2. The summed E-state index contributed by atoms with van der Waals surface area (Å²) >= 11 is 6.23. The Kier molecular flexibility index (Phi) is 3.91. The molecule has 3 nitrogen and oxygen atoms in total. The highest BCUT2D eigenvalue weighted by Crippen LogP contribution is 2.20. The van der Waals surface area contributed by atoms with Crippen molar-refractivity contribution in [2.24, 2.45) is 0 Å². The van der Waals surface area contributed by atoms with Gasteiger partial charge in [0.1, 0.15) is 13.1 Å². The third-order valence-corrected chi connectivity index (χ3v) is 5.35. The molecule has 0 fully saturated rings. The molecule has 0 bridgehead atoms. The molecule has 4 heteroatoms. The summed E-state index contributed by atoms with van der Waals surface area (Å²) in [6.45, 7) is 4.75. The van der Waals surface area contributed by atoms with E-state index in [-0.39, 0.29) is 5.43 Å². The maximum atomic E-state index is 12.9. The van der Waals surface area contributed by atoms with E-state index in [4.69, 9.17) is 11.6 Å². The molecule has 0 saturated heterocycles. The van der Waals surface area contributed by atoms with Crippen LogP contribution in [0.15, 0.2) is 47.3 Å². The molecule has 2 heterocycles. The van der Waals surface area contributed by atoms with E-state index in [1.807, 2.05) is 25.1 Å². The molecule has 1 atom stereocenters. The van der Waals surface area contributed by atoms with E-state index < -0.39 is 0 Å². The van der Waals surface area contributed by atoms with E-state index in [2.05, 4.69) is 29.2 Å². The van der Waals surface area contributed by atoms with Crippen molar-refractivity contribution >= 4 is 22.5 Å². The molecule has 2 N–H and O–H groups in total. The highest BCUT2D eigenvalue weighted by molar-refractivity contribution is 6.35. The van der Waals surface area contributed by atoms with Crippen LogP contribution in [0.5, 0.6) is 0 Å². The average molecular weight is 340 g/mol. The Balaban J connectivity index is 1.70. The van der Waals surface area contributed by atoms with Crippen molar-refractivity contribution in [2.75, 3.05) is 6.54 Å². The van der Waals surface area contributed by atoms with E-state index in [0.29, 0.717) is 10.4 Å². The fourth-order valence-electron chi connectivity index (χ4n) is 3.69. The molecule has 1 unspecified atom stereocenters. The van der Waals surface area contributed by atoms with Crippen molar-refractivity contribution in [3.05, 3.63) is 80.1 Å². The van der Waals surface area contributed by atoms with E-state index in [9.17, 15) is 4.79 Å². The minimum atomic E-state index is 0.107. The summed E-state index contributed by atoms with van der Waals surface area (Å²) in [5.41, 5.74) is 5.49. The van der Waals surface area contributed by atoms with Gasteiger partial charge in [-0.15, -0.1) is 0 Å². The number of aromatic amines is 1. The lowest BCUT2D eigenvalue weighted by Crippen LogP contribution is -3.10. The van der Waals surface area contributed by atoms with E-state index in [0.717, 1.165) is 42.8 Å². The fraction of sp³-hybridized carbons (Fsp3) is 0.250. The van der Waals surface area contributed by atoms with E-state index in [1.165, 1.54) is 16.0 Å². The molecule has 4 rings (SSSR count). The highest BCUT2D eigenvalue weighted by Gasteiger charge is 2.22. The third-order valence-electron chi connectivity index (χ3n) is 5.03. The first-order valence-electron chi connectivity index (χ1n) is 8.34. The van der Waals surface area contributed by atoms with Crippen LogP contribution >= 0.6 is 11.6 Å². The molecule has 1 aliphatic heterocycles. The number of rotatable bonds is 2. The van der Waals surface area contributed by atoms with Crippen LogP contribution in [0, 0.1) is 6.92 Å². The van der Waals surface area contributed by atoms with Crippen molar-refractivity contribution in [1.82, 2.24) is 4.98 Å². The Morgan fingerprint density at radius 1 is 1.12 bits per heavy atom. The van der Waals surface area contributed by atoms with Gasteiger partial charge in [-0.1, -0.05) is 41.9 Å². The van der Waals surface area contributed by atoms with Crippen LogP contribution in [0.1, 0.15) is 22.4 Å². The van der Waals surface area contributed by atoms with Crippen LogP contribution in [0.3, 0.4) is 0 Å². The minimum Gasteiger partial charge on any atom is -0.357 e. The summed E-state index contributed by atoms with van der Waals surface area (Å²) in [7, 11) is 0. The van der Waals surface area contributed by atoms with Gasteiger partial charge < -0.3 is 9.88 Å². The van der Waals surface area contributed by atoms with Gasteiger partial charge in [-0.05, 0) is 24.6 Å². The molecule has 0 aliphatic carbocycles. The Bertz CT molecular complexity index is 977. The summed E-state index contributed by atoms with van der Waals surface area (Å²) in [6.07, 6.45) is 1.07.